The Morgan fingerprint density at radius 1 is 1.14 bits per heavy atom. The maximum absolute atomic E-state index is 12.8. The molecule has 1 aliphatic carbocycles. The first-order valence-electron chi connectivity index (χ1n) is 7.37. The van der Waals surface area contributed by atoms with Crippen molar-refractivity contribution in [3.05, 3.63) is 60.0 Å². The smallest absolute Gasteiger partial charge is 0.123 e. The van der Waals surface area contributed by atoms with Gasteiger partial charge in [-0.25, -0.2) is 4.39 Å². The molecule has 1 aliphatic rings. The molecule has 0 unspecified atom stereocenters. The van der Waals surface area contributed by atoms with E-state index in [2.05, 4.69) is 6.08 Å². The number of nitrogens with zero attached hydrogens (tertiary/aromatic N) is 1. The molecule has 0 atom stereocenters. The normalized spacial score (nSPS) is 22.7. The summed E-state index contributed by atoms with van der Waals surface area (Å²) in [5.74, 6) is 0.371. The van der Waals surface area contributed by atoms with E-state index in [-0.39, 0.29) is 5.82 Å². The van der Waals surface area contributed by atoms with Crippen LogP contribution in [0.4, 0.5) is 4.39 Å². The van der Waals surface area contributed by atoms with Gasteiger partial charge in [0.2, 0.25) is 0 Å². The van der Waals surface area contributed by atoms with Gasteiger partial charge in [-0.1, -0.05) is 30.4 Å². The molecule has 0 heterocycles. The second-order valence-electron chi connectivity index (χ2n) is 5.35. The largest absolute Gasteiger partial charge is 0.374 e. The zero-order valence-corrected chi connectivity index (χ0v) is 12.0. The molecular formula is C18H20FNO. The number of allylic oxidation sites excluding steroid dienone is 4. The van der Waals surface area contributed by atoms with Gasteiger partial charge in [-0.3, -0.25) is 0 Å². The van der Waals surface area contributed by atoms with Gasteiger partial charge >= 0.3 is 0 Å². The predicted octanol–water partition coefficient (Wildman–Crippen LogP) is 4.54. The van der Waals surface area contributed by atoms with Crippen molar-refractivity contribution in [2.24, 2.45) is 5.92 Å². The van der Waals surface area contributed by atoms with Gasteiger partial charge in [-0.2, -0.15) is 5.26 Å². The molecule has 21 heavy (non-hydrogen) atoms. The second kappa shape index (κ2) is 8.39. The minimum Gasteiger partial charge on any atom is -0.374 e. The monoisotopic (exact) mass is 285 g/mol. The van der Waals surface area contributed by atoms with Gasteiger partial charge in [0.05, 0.1) is 18.8 Å². The molecule has 0 bridgehead atoms. The SMILES string of the molecule is N#CC=CC=C[C@H]1CC[C@H](OCc2ccc(F)cc2)CC1. The van der Waals surface area contributed by atoms with Crippen LogP contribution in [-0.2, 0) is 11.3 Å². The number of rotatable bonds is 5. The number of nitriles is 1. The Kier molecular flexibility index (Phi) is 6.18. The molecule has 1 aromatic carbocycles. The lowest BCUT2D eigenvalue weighted by atomic mass is 9.87. The fourth-order valence-corrected chi connectivity index (χ4v) is 2.56. The lowest BCUT2D eigenvalue weighted by Gasteiger charge is -2.26. The van der Waals surface area contributed by atoms with Crippen molar-refractivity contribution in [2.75, 3.05) is 0 Å². The maximum Gasteiger partial charge on any atom is 0.123 e. The molecule has 0 amide bonds. The first kappa shape index (κ1) is 15.5. The quantitative estimate of drug-likeness (QED) is 0.588. The summed E-state index contributed by atoms with van der Waals surface area (Å²) in [4.78, 5) is 0. The van der Waals surface area contributed by atoms with Crippen molar-refractivity contribution in [3.63, 3.8) is 0 Å². The van der Waals surface area contributed by atoms with E-state index < -0.39 is 0 Å². The number of ether oxygens (including phenoxy) is 1. The molecule has 0 radical (unpaired) electrons. The third-order valence-electron chi connectivity index (χ3n) is 3.78. The van der Waals surface area contributed by atoms with E-state index in [0.29, 0.717) is 18.6 Å². The Morgan fingerprint density at radius 2 is 1.86 bits per heavy atom. The first-order chi connectivity index (χ1) is 10.3. The highest BCUT2D eigenvalue weighted by Crippen LogP contribution is 2.27. The van der Waals surface area contributed by atoms with Gasteiger partial charge < -0.3 is 4.74 Å². The van der Waals surface area contributed by atoms with E-state index in [4.69, 9.17) is 10.00 Å². The van der Waals surface area contributed by atoms with Crippen LogP contribution in [0.25, 0.3) is 0 Å². The van der Waals surface area contributed by atoms with Crippen molar-refractivity contribution in [2.45, 2.75) is 38.4 Å². The third kappa shape index (κ3) is 5.53. The fourth-order valence-electron chi connectivity index (χ4n) is 2.56. The summed E-state index contributed by atoms with van der Waals surface area (Å²) >= 11 is 0. The van der Waals surface area contributed by atoms with Crippen molar-refractivity contribution in [3.8, 4) is 6.07 Å². The minimum atomic E-state index is -0.212. The van der Waals surface area contributed by atoms with Crippen LogP contribution < -0.4 is 0 Å². The molecule has 0 aliphatic heterocycles. The molecule has 0 saturated heterocycles. The molecule has 2 nitrogen and oxygen atoms in total. The standard InChI is InChI=1S/C18H20FNO/c19-17-9-5-16(6-10-17)14-21-18-11-7-15(8-12-18)4-2-1-3-13-20/h1-6,9-10,15,18H,7-8,11-12,14H2/t15-,18-. The molecule has 1 saturated carbocycles. The summed E-state index contributed by atoms with van der Waals surface area (Å²) in [5, 5.41) is 8.40. The van der Waals surface area contributed by atoms with E-state index in [9.17, 15) is 4.39 Å². The molecular weight excluding hydrogens is 265 g/mol. The summed E-state index contributed by atoms with van der Waals surface area (Å²) in [6, 6.07) is 8.45. The highest BCUT2D eigenvalue weighted by molar-refractivity contribution is 5.15. The molecule has 110 valence electrons. The van der Waals surface area contributed by atoms with E-state index in [1.807, 2.05) is 12.1 Å². The Labute approximate surface area is 125 Å². The summed E-state index contributed by atoms with van der Waals surface area (Å²) in [7, 11) is 0. The maximum atomic E-state index is 12.8. The van der Waals surface area contributed by atoms with E-state index >= 15 is 0 Å². The van der Waals surface area contributed by atoms with E-state index in [1.165, 1.54) is 18.2 Å². The summed E-state index contributed by atoms with van der Waals surface area (Å²) in [6.45, 7) is 0.552. The van der Waals surface area contributed by atoms with Gasteiger partial charge in [0, 0.05) is 6.08 Å². The predicted molar refractivity (Wildman–Crippen MR) is 80.8 cm³/mol. The van der Waals surface area contributed by atoms with Crippen molar-refractivity contribution >= 4 is 0 Å². The van der Waals surface area contributed by atoms with Gasteiger partial charge in [0.1, 0.15) is 5.82 Å². The highest BCUT2D eigenvalue weighted by Gasteiger charge is 2.19. The molecule has 0 spiro atoms. The summed E-state index contributed by atoms with van der Waals surface area (Å²) in [5.41, 5.74) is 1.01. The van der Waals surface area contributed by atoms with Crippen LogP contribution in [0.15, 0.2) is 48.6 Å². The molecule has 0 N–H and O–H groups in total. The number of benzene rings is 1. The minimum absolute atomic E-state index is 0.212. The van der Waals surface area contributed by atoms with Crippen molar-refractivity contribution in [1.29, 1.82) is 5.26 Å². The van der Waals surface area contributed by atoms with E-state index in [1.54, 1.807) is 18.2 Å². The number of halogens is 1. The van der Waals surface area contributed by atoms with E-state index in [0.717, 1.165) is 31.2 Å². The van der Waals surface area contributed by atoms with Crippen LogP contribution >= 0.6 is 0 Å². The van der Waals surface area contributed by atoms with Crippen LogP contribution in [-0.4, -0.2) is 6.10 Å². The average Bonchev–Trinajstić information content (AvgIpc) is 2.52. The first-order valence-corrected chi connectivity index (χ1v) is 7.37. The zero-order valence-electron chi connectivity index (χ0n) is 12.0. The Bertz CT molecular complexity index is 519. The second-order valence-corrected chi connectivity index (χ2v) is 5.35. The molecule has 1 fully saturated rings. The summed E-state index contributed by atoms with van der Waals surface area (Å²) < 4.78 is 18.7. The van der Waals surface area contributed by atoms with Crippen molar-refractivity contribution in [1.82, 2.24) is 0 Å². The highest BCUT2D eigenvalue weighted by atomic mass is 19.1. The number of hydrogen-bond acceptors (Lipinski definition) is 2. The Hall–Kier alpha value is -1.92. The van der Waals surface area contributed by atoms with Gasteiger partial charge in [-0.15, -0.1) is 0 Å². The van der Waals surface area contributed by atoms with Crippen LogP contribution in [0.5, 0.6) is 0 Å². The molecule has 3 heteroatoms. The van der Waals surface area contributed by atoms with Crippen molar-refractivity contribution < 1.29 is 9.13 Å². The zero-order chi connectivity index (χ0) is 14.9. The van der Waals surface area contributed by atoms with Crippen LogP contribution in [0, 0.1) is 23.1 Å². The topological polar surface area (TPSA) is 33.0 Å². The van der Waals surface area contributed by atoms with Gasteiger partial charge in [0.25, 0.3) is 0 Å². The van der Waals surface area contributed by atoms with Gasteiger partial charge in [-0.05, 0) is 49.3 Å². The molecule has 1 aromatic rings. The molecule has 0 aromatic heterocycles. The lowest BCUT2D eigenvalue weighted by Crippen LogP contribution is -2.20. The lowest BCUT2D eigenvalue weighted by molar-refractivity contribution is 0.0110. The summed E-state index contributed by atoms with van der Waals surface area (Å²) in [6.07, 6.45) is 12.0. The fraction of sp³-hybridized carbons (Fsp3) is 0.389. The molecule has 2 rings (SSSR count). The van der Waals surface area contributed by atoms with Crippen LogP contribution in [0.3, 0.4) is 0 Å². The number of hydrogen-bond donors (Lipinski definition) is 0. The Balaban J connectivity index is 1.69. The van der Waals surface area contributed by atoms with Crippen LogP contribution in [0.1, 0.15) is 31.2 Å². The van der Waals surface area contributed by atoms with Crippen LogP contribution in [0.2, 0.25) is 0 Å². The average molecular weight is 285 g/mol. The third-order valence-corrected chi connectivity index (χ3v) is 3.78. The van der Waals surface area contributed by atoms with Gasteiger partial charge in [0.15, 0.2) is 0 Å². The Morgan fingerprint density at radius 3 is 2.52 bits per heavy atom.